The van der Waals surface area contributed by atoms with Crippen LogP contribution in [0.3, 0.4) is 0 Å². The highest BCUT2D eigenvalue weighted by atomic mass is 35.5. The number of nitrogens with two attached hydrogens (primary N) is 1. The summed E-state index contributed by atoms with van der Waals surface area (Å²) in [5.41, 5.74) is 0.280. The van der Waals surface area contributed by atoms with E-state index in [2.05, 4.69) is 4.98 Å². The molecule has 0 aliphatic carbocycles. The van der Waals surface area contributed by atoms with Gasteiger partial charge >= 0.3 is 0 Å². The summed E-state index contributed by atoms with van der Waals surface area (Å²) in [6, 6.07) is 4.37. The number of nitrogens with zero attached hydrogens (tertiary/aromatic N) is 2. The lowest BCUT2D eigenvalue weighted by atomic mass is 10.2. The van der Waals surface area contributed by atoms with Crippen LogP contribution in [0.25, 0.3) is 0 Å². The summed E-state index contributed by atoms with van der Waals surface area (Å²) in [7, 11) is -3.89. The summed E-state index contributed by atoms with van der Waals surface area (Å²) in [6.07, 6.45) is 1.78. The van der Waals surface area contributed by atoms with Crippen LogP contribution in [-0.4, -0.2) is 18.0 Å². The fraction of sp³-hybridized carbons (Fsp3) is 0.250. The van der Waals surface area contributed by atoms with Gasteiger partial charge in [0.15, 0.2) is 5.03 Å². The highest BCUT2D eigenvalue weighted by Crippen LogP contribution is 2.21. The Morgan fingerprint density at radius 3 is 2.70 bits per heavy atom. The Balaban J connectivity index is 2.46. The van der Waals surface area contributed by atoms with Crippen LogP contribution in [0.1, 0.15) is 18.3 Å². The molecule has 0 radical (unpaired) electrons. The molecule has 0 atom stereocenters. The standard InChI is InChI=1S/C12H13ClFN3O2S/c1-2-11-16-12(20(15,18)19)7-17(11)6-8-9(13)4-3-5-10(8)14/h3-5,7H,2,6H2,1H3,(H2,15,18,19). The molecule has 1 heterocycles. The lowest BCUT2D eigenvalue weighted by Crippen LogP contribution is -2.12. The van der Waals surface area contributed by atoms with E-state index in [1.807, 2.05) is 6.92 Å². The third-order valence-electron chi connectivity index (χ3n) is 2.83. The maximum Gasteiger partial charge on any atom is 0.257 e. The molecule has 2 N–H and O–H groups in total. The molecular formula is C12H13ClFN3O2S. The zero-order valence-electron chi connectivity index (χ0n) is 10.7. The second-order valence-electron chi connectivity index (χ2n) is 4.22. The van der Waals surface area contributed by atoms with Crippen molar-refractivity contribution in [3.8, 4) is 0 Å². The van der Waals surface area contributed by atoms with Crippen molar-refractivity contribution in [3.63, 3.8) is 0 Å². The smallest absolute Gasteiger partial charge is 0.257 e. The molecule has 5 nitrogen and oxygen atoms in total. The molecule has 1 aromatic carbocycles. The van der Waals surface area contributed by atoms with E-state index in [-0.39, 0.29) is 22.2 Å². The average Bonchev–Trinajstić information content (AvgIpc) is 2.77. The first-order valence-corrected chi connectivity index (χ1v) is 7.77. The lowest BCUT2D eigenvalue weighted by molar-refractivity contribution is 0.593. The number of halogens is 2. The first-order valence-electron chi connectivity index (χ1n) is 5.84. The number of sulfonamides is 1. The van der Waals surface area contributed by atoms with E-state index >= 15 is 0 Å². The number of aromatic nitrogens is 2. The molecular weight excluding hydrogens is 305 g/mol. The van der Waals surface area contributed by atoms with Crippen molar-refractivity contribution in [2.45, 2.75) is 24.9 Å². The van der Waals surface area contributed by atoms with Crippen LogP contribution >= 0.6 is 11.6 Å². The van der Waals surface area contributed by atoms with Crippen LogP contribution < -0.4 is 5.14 Å². The largest absolute Gasteiger partial charge is 0.329 e. The van der Waals surface area contributed by atoms with Gasteiger partial charge in [-0.05, 0) is 12.1 Å². The molecule has 0 bridgehead atoms. The maximum atomic E-state index is 13.8. The number of rotatable bonds is 4. The maximum absolute atomic E-state index is 13.8. The van der Waals surface area contributed by atoms with Gasteiger partial charge in [0.05, 0.1) is 6.54 Å². The number of hydrogen-bond donors (Lipinski definition) is 1. The summed E-state index contributed by atoms with van der Waals surface area (Å²) in [6.45, 7) is 1.91. The number of hydrogen-bond acceptors (Lipinski definition) is 3. The number of benzene rings is 1. The predicted molar refractivity (Wildman–Crippen MR) is 73.5 cm³/mol. The van der Waals surface area contributed by atoms with E-state index in [1.165, 1.54) is 22.9 Å². The minimum atomic E-state index is -3.89. The SMILES string of the molecule is CCc1nc(S(N)(=O)=O)cn1Cc1c(F)cccc1Cl. The number of aryl methyl sites for hydroxylation is 1. The van der Waals surface area contributed by atoms with E-state index in [9.17, 15) is 12.8 Å². The molecule has 0 fully saturated rings. The molecule has 0 aliphatic heterocycles. The Hall–Kier alpha value is -1.44. The minimum absolute atomic E-state index is 0.0944. The second kappa shape index (κ2) is 5.51. The summed E-state index contributed by atoms with van der Waals surface area (Å²) in [4.78, 5) is 3.94. The van der Waals surface area contributed by atoms with E-state index in [4.69, 9.17) is 16.7 Å². The van der Waals surface area contributed by atoms with Gasteiger partial charge in [-0.1, -0.05) is 24.6 Å². The van der Waals surface area contributed by atoms with E-state index < -0.39 is 15.8 Å². The number of primary sulfonamides is 1. The Bertz CT molecular complexity index is 723. The van der Waals surface area contributed by atoms with Crippen LogP contribution in [0.4, 0.5) is 4.39 Å². The van der Waals surface area contributed by atoms with Gasteiger partial charge in [0, 0.05) is 23.2 Å². The van der Waals surface area contributed by atoms with Crippen molar-refractivity contribution in [3.05, 3.63) is 46.6 Å². The fourth-order valence-corrected chi connectivity index (χ4v) is 2.57. The predicted octanol–water partition coefficient (Wildman–Crippen LogP) is 1.93. The summed E-state index contributed by atoms with van der Waals surface area (Å²) >= 11 is 5.95. The molecule has 0 saturated carbocycles. The van der Waals surface area contributed by atoms with Gasteiger partial charge in [-0.25, -0.2) is 22.9 Å². The van der Waals surface area contributed by atoms with Crippen LogP contribution in [0.15, 0.2) is 29.4 Å². The quantitative estimate of drug-likeness (QED) is 0.936. The van der Waals surface area contributed by atoms with E-state index in [0.717, 1.165) is 0 Å². The Morgan fingerprint density at radius 2 is 2.15 bits per heavy atom. The first-order chi connectivity index (χ1) is 9.32. The van der Waals surface area contributed by atoms with Crippen LogP contribution in [0.2, 0.25) is 5.02 Å². The van der Waals surface area contributed by atoms with Gasteiger partial charge in [0.1, 0.15) is 11.6 Å². The molecule has 2 aromatic rings. The summed E-state index contributed by atoms with van der Waals surface area (Å²) in [5.74, 6) is 0.0405. The second-order valence-corrected chi connectivity index (χ2v) is 6.14. The van der Waals surface area contributed by atoms with Crippen molar-refractivity contribution in [2.75, 3.05) is 0 Å². The van der Waals surface area contributed by atoms with Crippen LogP contribution in [0.5, 0.6) is 0 Å². The molecule has 2 rings (SSSR count). The van der Waals surface area contributed by atoms with Gasteiger partial charge in [0.2, 0.25) is 0 Å². The van der Waals surface area contributed by atoms with Gasteiger partial charge < -0.3 is 4.57 Å². The Labute approximate surface area is 121 Å². The molecule has 1 aromatic heterocycles. The lowest BCUT2D eigenvalue weighted by Gasteiger charge is -2.09. The van der Waals surface area contributed by atoms with E-state index in [1.54, 1.807) is 6.07 Å². The highest BCUT2D eigenvalue weighted by Gasteiger charge is 2.17. The third kappa shape index (κ3) is 3.00. The van der Waals surface area contributed by atoms with E-state index in [0.29, 0.717) is 12.2 Å². The highest BCUT2D eigenvalue weighted by molar-refractivity contribution is 7.89. The normalized spacial score (nSPS) is 11.8. The van der Waals surface area contributed by atoms with Gasteiger partial charge in [-0.2, -0.15) is 0 Å². The van der Waals surface area contributed by atoms with Crippen molar-refractivity contribution in [1.82, 2.24) is 9.55 Å². The molecule has 108 valence electrons. The van der Waals surface area contributed by atoms with Crippen molar-refractivity contribution in [1.29, 1.82) is 0 Å². The van der Waals surface area contributed by atoms with Crippen molar-refractivity contribution in [2.24, 2.45) is 5.14 Å². The summed E-state index contributed by atoms with van der Waals surface area (Å²) < 4.78 is 37.9. The molecule has 8 heteroatoms. The molecule has 0 saturated heterocycles. The van der Waals surface area contributed by atoms with Crippen molar-refractivity contribution < 1.29 is 12.8 Å². The monoisotopic (exact) mass is 317 g/mol. The van der Waals surface area contributed by atoms with Gasteiger partial charge in [-0.15, -0.1) is 0 Å². The first kappa shape index (κ1) is 15.0. The zero-order valence-corrected chi connectivity index (χ0v) is 12.2. The fourth-order valence-electron chi connectivity index (χ4n) is 1.84. The topological polar surface area (TPSA) is 78.0 Å². The molecule has 0 spiro atoms. The molecule has 20 heavy (non-hydrogen) atoms. The average molecular weight is 318 g/mol. The molecule has 0 amide bonds. The van der Waals surface area contributed by atoms with Crippen LogP contribution in [0, 0.1) is 5.82 Å². The Morgan fingerprint density at radius 1 is 1.45 bits per heavy atom. The number of imidazole rings is 1. The van der Waals surface area contributed by atoms with Crippen molar-refractivity contribution >= 4 is 21.6 Å². The molecule has 0 unspecified atom stereocenters. The third-order valence-corrected chi connectivity index (χ3v) is 3.97. The Kier molecular flexibility index (Phi) is 4.12. The zero-order chi connectivity index (χ0) is 14.9. The molecule has 0 aliphatic rings. The summed E-state index contributed by atoms with van der Waals surface area (Å²) in [5, 5.41) is 5.08. The van der Waals surface area contributed by atoms with Gasteiger partial charge in [-0.3, -0.25) is 0 Å². The minimum Gasteiger partial charge on any atom is -0.329 e. The van der Waals surface area contributed by atoms with Gasteiger partial charge in [0.25, 0.3) is 10.0 Å². The van der Waals surface area contributed by atoms with Crippen LogP contribution in [-0.2, 0) is 23.0 Å².